The molecule has 3 rings (SSSR count). The summed E-state index contributed by atoms with van der Waals surface area (Å²) in [5, 5.41) is 2.68. The van der Waals surface area contributed by atoms with Crippen LogP contribution in [0, 0.1) is 0 Å². The van der Waals surface area contributed by atoms with Crippen molar-refractivity contribution in [2.45, 2.75) is 19.3 Å². The number of nitrogens with one attached hydrogen (secondary N) is 1. The third kappa shape index (κ3) is 5.07. The number of piperidine rings is 1. The van der Waals surface area contributed by atoms with Gasteiger partial charge in [-0.1, -0.05) is 34.8 Å². The van der Waals surface area contributed by atoms with Crippen LogP contribution < -0.4 is 10.2 Å². The van der Waals surface area contributed by atoms with Gasteiger partial charge in [0.25, 0.3) is 5.91 Å². The summed E-state index contributed by atoms with van der Waals surface area (Å²) in [7, 11) is 0. The van der Waals surface area contributed by atoms with Crippen LogP contribution in [0.1, 0.15) is 29.8 Å². The lowest BCUT2D eigenvalue weighted by molar-refractivity contribution is -0.119. The normalized spacial score (nSPS) is 13.9. The predicted octanol–water partition coefficient (Wildman–Crippen LogP) is 4.83. The Morgan fingerprint density at radius 1 is 1.04 bits per heavy atom. The molecule has 2 heterocycles. The molecule has 28 heavy (non-hydrogen) atoms. The van der Waals surface area contributed by atoms with Crippen molar-refractivity contribution in [3.05, 3.63) is 51.2 Å². The number of esters is 1. The molecule has 148 valence electrons. The Balaban J connectivity index is 1.53. The summed E-state index contributed by atoms with van der Waals surface area (Å²) in [4.78, 5) is 30.2. The van der Waals surface area contributed by atoms with E-state index in [1.54, 1.807) is 0 Å². The topological polar surface area (TPSA) is 71.5 Å². The Morgan fingerprint density at radius 2 is 1.71 bits per heavy atom. The van der Waals surface area contributed by atoms with Gasteiger partial charge in [-0.3, -0.25) is 4.79 Å². The molecule has 9 heteroatoms. The van der Waals surface area contributed by atoms with Crippen LogP contribution in [0.4, 0.5) is 11.4 Å². The molecule has 1 aliphatic rings. The summed E-state index contributed by atoms with van der Waals surface area (Å²) in [6.45, 7) is 1.62. The van der Waals surface area contributed by atoms with Crippen molar-refractivity contribution in [1.29, 1.82) is 0 Å². The highest BCUT2D eigenvalue weighted by Crippen LogP contribution is 2.31. The van der Waals surface area contributed by atoms with E-state index in [1.807, 2.05) is 24.3 Å². The van der Waals surface area contributed by atoms with Crippen molar-refractivity contribution >= 4 is 58.1 Å². The number of hydrogen-bond donors (Lipinski definition) is 1. The Morgan fingerprint density at radius 3 is 2.39 bits per heavy atom. The minimum Gasteiger partial charge on any atom is -0.451 e. The number of amides is 1. The number of carbonyl (C=O) groups is 2. The second-order valence-electron chi connectivity index (χ2n) is 6.30. The molecular formula is C19H18Cl3N3O3. The average Bonchev–Trinajstić information content (AvgIpc) is 2.71. The summed E-state index contributed by atoms with van der Waals surface area (Å²) in [6.07, 6.45) is 4.85. The molecule has 1 N–H and O–H groups in total. The van der Waals surface area contributed by atoms with Crippen LogP contribution in [0.15, 0.2) is 30.5 Å². The maximum Gasteiger partial charge on any atom is 0.359 e. The SMILES string of the molecule is O=C(COC(=O)c1ncc(Cl)c(Cl)c1Cl)Nc1ccc(N2CCCCC2)cc1. The first-order chi connectivity index (χ1) is 13.5. The van der Waals surface area contributed by atoms with E-state index in [0.29, 0.717) is 5.69 Å². The minimum atomic E-state index is -0.862. The van der Waals surface area contributed by atoms with Crippen LogP contribution in [0.5, 0.6) is 0 Å². The van der Waals surface area contributed by atoms with E-state index in [1.165, 1.54) is 25.5 Å². The third-order valence-electron chi connectivity index (χ3n) is 4.32. The molecule has 0 spiro atoms. The smallest absolute Gasteiger partial charge is 0.359 e. The van der Waals surface area contributed by atoms with Crippen LogP contribution in [-0.2, 0) is 9.53 Å². The monoisotopic (exact) mass is 441 g/mol. The van der Waals surface area contributed by atoms with Crippen molar-refractivity contribution in [2.24, 2.45) is 0 Å². The van der Waals surface area contributed by atoms with Crippen LogP contribution >= 0.6 is 34.8 Å². The molecule has 0 bridgehead atoms. The first-order valence-corrected chi connectivity index (χ1v) is 9.90. The van der Waals surface area contributed by atoms with Gasteiger partial charge in [-0.25, -0.2) is 9.78 Å². The fourth-order valence-electron chi connectivity index (χ4n) is 2.89. The van der Waals surface area contributed by atoms with Gasteiger partial charge in [0, 0.05) is 30.7 Å². The zero-order valence-electron chi connectivity index (χ0n) is 14.9. The van der Waals surface area contributed by atoms with Gasteiger partial charge in [0.2, 0.25) is 0 Å². The number of rotatable bonds is 5. The Labute approximate surface area is 177 Å². The zero-order chi connectivity index (χ0) is 20.1. The molecule has 6 nitrogen and oxygen atoms in total. The van der Waals surface area contributed by atoms with Gasteiger partial charge in [0.1, 0.15) is 0 Å². The number of aromatic nitrogens is 1. The highest BCUT2D eigenvalue weighted by atomic mass is 35.5. The molecule has 0 atom stereocenters. The summed E-state index contributed by atoms with van der Waals surface area (Å²) >= 11 is 17.6. The highest BCUT2D eigenvalue weighted by molar-refractivity contribution is 6.48. The fourth-order valence-corrected chi connectivity index (χ4v) is 3.45. The number of carbonyl (C=O) groups excluding carboxylic acids is 2. The molecule has 0 saturated carbocycles. The van der Waals surface area contributed by atoms with E-state index in [-0.39, 0.29) is 20.8 Å². The number of anilines is 2. The number of ether oxygens (including phenoxy) is 1. The minimum absolute atomic E-state index is 0.00327. The average molecular weight is 443 g/mol. The molecule has 0 aliphatic carbocycles. The summed E-state index contributed by atoms with van der Waals surface area (Å²) in [5.41, 5.74) is 1.55. The van der Waals surface area contributed by atoms with Gasteiger partial charge >= 0.3 is 5.97 Å². The first-order valence-electron chi connectivity index (χ1n) is 8.77. The maximum atomic E-state index is 12.0. The number of benzene rings is 1. The van der Waals surface area contributed by atoms with Gasteiger partial charge < -0.3 is 15.0 Å². The standard InChI is InChI=1S/C19H18Cl3N3O3/c20-14-10-23-18(17(22)16(14)21)19(27)28-11-15(26)24-12-4-6-13(7-5-12)25-8-2-1-3-9-25/h4-7,10H,1-3,8-9,11H2,(H,24,26). The van der Waals surface area contributed by atoms with Gasteiger partial charge in [0.15, 0.2) is 12.3 Å². The van der Waals surface area contributed by atoms with Crippen molar-refractivity contribution in [3.63, 3.8) is 0 Å². The molecule has 1 saturated heterocycles. The summed E-state index contributed by atoms with van der Waals surface area (Å²) in [5.74, 6) is -1.34. The zero-order valence-corrected chi connectivity index (χ0v) is 17.2. The number of nitrogens with zero attached hydrogens (tertiary/aromatic N) is 2. The molecule has 1 fully saturated rings. The van der Waals surface area contributed by atoms with E-state index in [0.717, 1.165) is 18.8 Å². The van der Waals surface area contributed by atoms with Crippen LogP contribution in [0.25, 0.3) is 0 Å². The number of hydrogen-bond acceptors (Lipinski definition) is 5. The van der Waals surface area contributed by atoms with Gasteiger partial charge in [0.05, 0.1) is 15.1 Å². The van der Waals surface area contributed by atoms with E-state index in [9.17, 15) is 9.59 Å². The lowest BCUT2D eigenvalue weighted by atomic mass is 10.1. The predicted molar refractivity (Wildman–Crippen MR) is 111 cm³/mol. The third-order valence-corrected chi connectivity index (χ3v) is 5.56. The Bertz CT molecular complexity index is 869. The second kappa shape index (κ2) is 9.45. The summed E-state index contributed by atoms with van der Waals surface area (Å²) in [6, 6.07) is 7.57. The lowest BCUT2D eigenvalue weighted by Crippen LogP contribution is -2.29. The number of pyridine rings is 1. The van der Waals surface area contributed by atoms with Crippen molar-refractivity contribution in [1.82, 2.24) is 4.98 Å². The van der Waals surface area contributed by atoms with Gasteiger partial charge in [-0.2, -0.15) is 0 Å². The van der Waals surface area contributed by atoms with Gasteiger partial charge in [-0.15, -0.1) is 0 Å². The van der Waals surface area contributed by atoms with Gasteiger partial charge in [-0.05, 0) is 43.5 Å². The number of halogens is 3. The maximum absolute atomic E-state index is 12.0. The van der Waals surface area contributed by atoms with Crippen molar-refractivity contribution in [3.8, 4) is 0 Å². The van der Waals surface area contributed by atoms with Crippen molar-refractivity contribution < 1.29 is 14.3 Å². The van der Waals surface area contributed by atoms with E-state index in [2.05, 4.69) is 15.2 Å². The molecule has 1 aliphatic heterocycles. The Kier molecular flexibility index (Phi) is 6.99. The largest absolute Gasteiger partial charge is 0.451 e. The Hall–Kier alpha value is -2.02. The van der Waals surface area contributed by atoms with Crippen LogP contribution in [0.3, 0.4) is 0 Å². The van der Waals surface area contributed by atoms with Crippen LogP contribution in [0.2, 0.25) is 15.1 Å². The van der Waals surface area contributed by atoms with Crippen molar-refractivity contribution in [2.75, 3.05) is 29.9 Å². The highest BCUT2D eigenvalue weighted by Gasteiger charge is 2.19. The second-order valence-corrected chi connectivity index (χ2v) is 7.46. The molecule has 2 aromatic rings. The molecule has 0 unspecified atom stereocenters. The quantitative estimate of drug-likeness (QED) is 0.672. The first kappa shape index (κ1) is 20.7. The van der Waals surface area contributed by atoms with E-state index in [4.69, 9.17) is 39.5 Å². The lowest BCUT2D eigenvalue weighted by Gasteiger charge is -2.28. The molecule has 1 aromatic carbocycles. The van der Waals surface area contributed by atoms with E-state index >= 15 is 0 Å². The molecule has 1 aromatic heterocycles. The molecule has 0 radical (unpaired) electrons. The summed E-state index contributed by atoms with van der Waals surface area (Å²) < 4.78 is 4.95. The van der Waals surface area contributed by atoms with E-state index < -0.39 is 18.5 Å². The fraction of sp³-hybridized carbons (Fsp3) is 0.316. The van der Waals surface area contributed by atoms with Crippen LogP contribution in [-0.4, -0.2) is 36.6 Å². The molecular weight excluding hydrogens is 425 g/mol. The molecule has 1 amide bonds.